The number of carbonyl (C=O) groups is 1. The molecule has 0 aliphatic rings. The monoisotopic (exact) mass is 234 g/mol. The molecule has 1 aromatic carbocycles. The van der Waals surface area contributed by atoms with Gasteiger partial charge in [-0.1, -0.05) is 19.1 Å². The molecule has 3 nitrogen and oxygen atoms in total. The summed E-state index contributed by atoms with van der Waals surface area (Å²) in [6.45, 7) is 9.42. The maximum absolute atomic E-state index is 12.0. The molecular weight excluding hydrogens is 212 g/mol. The molecule has 3 heteroatoms. The smallest absolute Gasteiger partial charge is 0.253 e. The molecule has 0 aliphatic heterocycles. The quantitative estimate of drug-likeness (QED) is 0.819. The van der Waals surface area contributed by atoms with E-state index in [-0.39, 0.29) is 5.91 Å². The summed E-state index contributed by atoms with van der Waals surface area (Å²) in [4.78, 5) is 13.9. The van der Waals surface area contributed by atoms with Crippen LogP contribution in [0.1, 0.15) is 36.7 Å². The molecule has 0 radical (unpaired) electrons. The Morgan fingerprint density at radius 2 is 1.71 bits per heavy atom. The Bertz CT molecular complexity index is 342. The molecule has 94 valence electrons. The topological polar surface area (TPSA) is 32.3 Å². The van der Waals surface area contributed by atoms with Crippen molar-refractivity contribution in [2.75, 3.05) is 19.6 Å². The molecule has 1 N–H and O–H groups in total. The number of amides is 1. The number of nitrogens with zero attached hydrogens (tertiary/aromatic N) is 1. The first kappa shape index (κ1) is 13.7. The number of benzene rings is 1. The highest BCUT2D eigenvalue weighted by Gasteiger charge is 2.11. The summed E-state index contributed by atoms with van der Waals surface area (Å²) in [6.07, 6.45) is 0. The van der Waals surface area contributed by atoms with E-state index >= 15 is 0 Å². The third-order valence-corrected chi connectivity index (χ3v) is 2.83. The van der Waals surface area contributed by atoms with Gasteiger partial charge >= 0.3 is 0 Å². The first-order chi connectivity index (χ1) is 8.22. The fraction of sp³-hybridized carbons (Fsp3) is 0.500. The summed E-state index contributed by atoms with van der Waals surface area (Å²) in [5.74, 6) is 0.116. The molecule has 1 amide bonds. The van der Waals surface area contributed by atoms with Crippen molar-refractivity contribution >= 4 is 5.91 Å². The molecule has 1 aromatic rings. The maximum atomic E-state index is 12.0. The lowest BCUT2D eigenvalue weighted by molar-refractivity contribution is 0.0773. The van der Waals surface area contributed by atoms with E-state index in [0.29, 0.717) is 0 Å². The van der Waals surface area contributed by atoms with Gasteiger partial charge in [0.2, 0.25) is 0 Å². The molecule has 0 unspecified atom stereocenters. The first-order valence-electron chi connectivity index (χ1n) is 6.31. The van der Waals surface area contributed by atoms with Gasteiger partial charge in [0.25, 0.3) is 5.91 Å². The Kier molecular flexibility index (Phi) is 5.70. The van der Waals surface area contributed by atoms with Crippen molar-refractivity contribution < 1.29 is 4.79 Å². The summed E-state index contributed by atoms with van der Waals surface area (Å²) in [5.41, 5.74) is 1.98. The Morgan fingerprint density at radius 1 is 1.12 bits per heavy atom. The molecule has 0 saturated carbocycles. The van der Waals surface area contributed by atoms with E-state index in [1.807, 2.05) is 43.0 Å². The summed E-state index contributed by atoms with van der Waals surface area (Å²) < 4.78 is 0. The van der Waals surface area contributed by atoms with E-state index in [1.165, 1.54) is 5.56 Å². The molecule has 0 bridgehead atoms. The van der Waals surface area contributed by atoms with Gasteiger partial charge in [-0.15, -0.1) is 0 Å². The predicted octanol–water partition coefficient (Wildman–Crippen LogP) is 2.28. The standard InChI is InChI=1S/C14H22N2O/c1-4-15-11-12-7-9-13(10-8-12)14(17)16(5-2)6-3/h7-10,15H,4-6,11H2,1-3H3. The molecule has 0 atom stereocenters. The Hall–Kier alpha value is -1.35. The van der Waals surface area contributed by atoms with Gasteiger partial charge in [-0.25, -0.2) is 0 Å². The van der Waals surface area contributed by atoms with Crippen molar-refractivity contribution in [1.82, 2.24) is 10.2 Å². The fourth-order valence-corrected chi connectivity index (χ4v) is 1.73. The summed E-state index contributed by atoms with van der Waals surface area (Å²) in [6, 6.07) is 7.85. The van der Waals surface area contributed by atoms with E-state index in [2.05, 4.69) is 12.2 Å². The Labute approximate surface area is 104 Å². The molecule has 0 spiro atoms. The van der Waals surface area contributed by atoms with E-state index in [0.717, 1.165) is 31.7 Å². The molecular formula is C14H22N2O. The highest BCUT2D eigenvalue weighted by atomic mass is 16.2. The van der Waals surface area contributed by atoms with Gasteiger partial charge in [-0.2, -0.15) is 0 Å². The van der Waals surface area contributed by atoms with Crippen LogP contribution < -0.4 is 5.32 Å². The lowest BCUT2D eigenvalue weighted by Crippen LogP contribution is -2.30. The van der Waals surface area contributed by atoms with Gasteiger partial charge in [0.15, 0.2) is 0 Å². The zero-order valence-electron chi connectivity index (χ0n) is 11.0. The van der Waals surface area contributed by atoms with Crippen LogP contribution >= 0.6 is 0 Å². The van der Waals surface area contributed by atoms with Crippen molar-refractivity contribution in [3.8, 4) is 0 Å². The summed E-state index contributed by atoms with van der Waals surface area (Å²) in [7, 11) is 0. The fourth-order valence-electron chi connectivity index (χ4n) is 1.73. The zero-order chi connectivity index (χ0) is 12.7. The third-order valence-electron chi connectivity index (χ3n) is 2.83. The minimum absolute atomic E-state index is 0.116. The largest absolute Gasteiger partial charge is 0.339 e. The average molecular weight is 234 g/mol. The van der Waals surface area contributed by atoms with Gasteiger partial charge in [0.05, 0.1) is 0 Å². The van der Waals surface area contributed by atoms with Gasteiger partial charge in [-0.3, -0.25) is 4.79 Å². The van der Waals surface area contributed by atoms with Crippen molar-refractivity contribution in [2.45, 2.75) is 27.3 Å². The number of hydrogen-bond acceptors (Lipinski definition) is 2. The van der Waals surface area contributed by atoms with Crippen LogP contribution in [0, 0.1) is 0 Å². The molecule has 0 fully saturated rings. The van der Waals surface area contributed by atoms with Crippen molar-refractivity contribution in [1.29, 1.82) is 0 Å². The predicted molar refractivity (Wildman–Crippen MR) is 71.1 cm³/mol. The maximum Gasteiger partial charge on any atom is 0.253 e. The van der Waals surface area contributed by atoms with Crippen LogP contribution in [0.25, 0.3) is 0 Å². The normalized spacial score (nSPS) is 10.3. The Morgan fingerprint density at radius 3 is 2.18 bits per heavy atom. The van der Waals surface area contributed by atoms with E-state index in [1.54, 1.807) is 0 Å². The lowest BCUT2D eigenvalue weighted by Gasteiger charge is -2.18. The second kappa shape index (κ2) is 7.07. The molecule has 0 saturated heterocycles. The Balaban J connectivity index is 2.69. The first-order valence-corrected chi connectivity index (χ1v) is 6.31. The number of carbonyl (C=O) groups excluding carboxylic acids is 1. The number of nitrogens with one attached hydrogen (secondary N) is 1. The van der Waals surface area contributed by atoms with Crippen LogP contribution in [0.15, 0.2) is 24.3 Å². The second-order valence-electron chi connectivity index (χ2n) is 3.95. The van der Waals surface area contributed by atoms with Gasteiger partial charge in [0, 0.05) is 25.2 Å². The van der Waals surface area contributed by atoms with Crippen molar-refractivity contribution in [2.24, 2.45) is 0 Å². The second-order valence-corrected chi connectivity index (χ2v) is 3.95. The van der Waals surface area contributed by atoms with Crippen LogP contribution in [0.4, 0.5) is 0 Å². The molecule has 0 aliphatic carbocycles. The summed E-state index contributed by atoms with van der Waals surface area (Å²) in [5, 5.41) is 3.26. The van der Waals surface area contributed by atoms with Crippen molar-refractivity contribution in [3.05, 3.63) is 35.4 Å². The average Bonchev–Trinajstić information content (AvgIpc) is 2.38. The van der Waals surface area contributed by atoms with E-state index in [9.17, 15) is 4.79 Å². The van der Waals surface area contributed by atoms with Gasteiger partial charge < -0.3 is 10.2 Å². The van der Waals surface area contributed by atoms with E-state index < -0.39 is 0 Å². The number of rotatable bonds is 6. The van der Waals surface area contributed by atoms with Crippen LogP contribution in [0.3, 0.4) is 0 Å². The van der Waals surface area contributed by atoms with E-state index in [4.69, 9.17) is 0 Å². The highest BCUT2D eigenvalue weighted by Crippen LogP contribution is 2.07. The molecule has 0 aromatic heterocycles. The molecule has 17 heavy (non-hydrogen) atoms. The van der Waals surface area contributed by atoms with Gasteiger partial charge in [0.1, 0.15) is 0 Å². The minimum Gasteiger partial charge on any atom is -0.339 e. The van der Waals surface area contributed by atoms with Gasteiger partial charge in [-0.05, 0) is 38.1 Å². The van der Waals surface area contributed by atoms with Crippen LogP contribution in [-0.4, -0.2) is 30.4 Å². The lowest BCUT2D eigenvalue weighted by atomic mass is 10.1. The number of hydrogen-bond donors (Lipinski definition) is 1. The van der Waals surface area contributed by atoms with Crippen LogP contribution in [-0.2, 0) is 6.54 Å². The SMILES string of the molecule is CCNCc1ccc(C(=O)N(CC)CC)cc1. The summed E-state index contributed by atoms with van der Waals surface area (Å²) >= 11 is 0. The minimum atomic E-state index is 0.116. The van der Waals surface area contributed by atoms with Crippen LogP contribution in [0.2, 0.25) is 0 Å². The third kappa shape index (κ3) is 3.86. The van der Waals surface area contributed by atoms with Crippen LogP contribution in [0.5, 0.6) is 0 Å². The molecule has 1 rings (SSSR count). The zero-order valence-corrected chi connectivity index (χ0v) is 11.0. The highest BCUT2D eigenvalue weighted by molar-refractivity contribution is 5.94. The molecule has 0 heterocycles. The van der Waals surface area contributed by atoms with Crippen molar-refractivity contribution in [3.63, 3.8) is 0 Å².